The predicted octanol–water partition coefficient (Wildman–Crippen LogP) is 2.64. The van der Waals surface area contributed by atoms with Crippen molar-refractivity contribution in [1.29, 1.82) is 0 Å². The van der Waals surface area contributed by atoms with E-state index in [9.17, 15) is 14.4 Å². The number of amides is 1. The first-order chi connectivity index (χ1) is 20.8. The maximum Gasteiger partial charge on any atom is 0.344 e. The van der Waals surface area contributed by atoms with Gasteiger partial charge in [0.25, 0.3) is 0 Å². The van der Waals surface area contributed by atoms with E-state index in [1.807, 2.05) is 23.4 Å². The van der Waals surface area contributed by atoms with Gasteiger partial charge in [-0.1, -0.05) is 24.5 Å². The van der Waals surface area contributed by atoms with E-state index in [4.69, 9.17) is 14.7 Å². The van der Waals surface area contributed by atoms with Crippen molar-refractivity contribution in [1.82, 2.24) is 29.9 Å². The molecule has 232 valence electrons. The summed E-state index contributed by atoms with van der Waals surface area (Å²) in [7, 11) is 2.02. The van der Waals surface area contributed by atoms with Crippen LogP contribution >= 0.6 is 0 Å². The molecule has 2 N–H and O–H groups in total. The molecule has 1 aromatic carbocycles. The maximum atomic E-state index is 15.6. The molecule has 0 aliphatic carbocycles. The minimum atomic E-state index is -0.816. The number of anilines is 1. The molecule has 2 aromatic heterocycles. The zero-order chi connectivity index (χ0) is 30.5. The summed E-state index contributed by atoms with van der Waals surface area (Å²) in [6.45, 7) is 5.50. The molecule has 14 heteroatoms. The van der Waals surface area contributed by atoms with Gasteiger partial charge in [-0.3, -0.25) is 19.5 Å². The summed E-state index contributed by atoms with van der Waals surface area (Å²) >= 11 is 0. The summed E-state index contributed by atoms with van der Waals surface area (Å²) in [6.07, 6.45) is 7.85. The Labute approximate surface area is 248 Å². The molecular weight excluding hydrogens is 561 g/mol. The van der Waals surface area contributed by atoms with Crippen LogP contribution in [0.4, 0.5) is 10.1 Å². The second-order valence-electron chi connectivity index (χ2n) is 11.3. The maximum absolute atomic E-state index is 15.6. The van der Waals surface area contributed by atoms with Crippen molar-refractivity contribution in [2.24, 2.45) is 0 Å². The number of benzene rings is 1. The largest absolute Gasteiger partial charge is 0.487 e. The third kappa shape index (κ3) is 6.80. The highest BCUT2D eigenvalue weighted by Gasteiger charge is 2.31. The number of ether oxygens (including phenoxy) is 2. The summed E-state index contributed by atoms with van der Waals surface area (Å²) in [4.78, 5) is 41.7. The molecule has 2 aliphatic rings. The average molecular weight is 600 g/mol. The summed E-state index contributed by atoms with van der Waals surface area (Å²) < 4.78 is 30.5. The third-order valence-corrected chi connectivity index (χ3v) is 8.03. The predicted molar refractivity (Wildman–Crippen MR) is 155 cm³/mol. The first-order valence-corrected chi connectivity index (χ1v) is 14.7. The number of esters is 1. The van der Waals surface area contributed by atoms with Crippen LogP contribution in [0.2, 0.25) is 0 Å². The van der Waals surface area contributed by atoms with Gasteiger partial charge in [-0.15, -0.1) is 5.10 Å². The lowest BCUT2D eigenvalue weighted by Gasteiger charge is -2.37. The highest BCUT2D eigenvalue weighted by Crippen LogP contribution is 2.42. The van der Waals surface area contributed by atoms with E-state index in [0.717, 1.165) is 38.8 Å². The molecule has 0 bridgehead atoms. The minimum absolute atomic E-state index is 0.0778. The van der Waals surface area contributed by atoms with Crippen molar-refractivity contribution in [3.05, 3.63) is 45.8 Å². The fraction of sp³-hybridized carbons (Fsp3) is 0.552. The number of aryl methyl sites for hydroxylation is 1. The first-order valence-electron chi connectivity index (χ1n) is 14.7. The van der Waals surface area contributed by atoms with Crippen molar-refractivity contribution in [2.75, 3.05) is 44.7 Å². The fourth-order valence-corrected chi connectivity index (χ4v) is 5.56. The quantitative estimate of drug-likeness (QED) is 0.138. The van der Waals surface area contributed by atoms with Gasteiger partial charge < -0.3 is 23.8 Å². The van der Waals surface area contributed by atoms with Crippen LogP contribution in [0.5, 0.6) is 5.75 Å². The molecule has 1 amide bonds. The summed E-state index contributed by atoms with van der Waals surface area (Å²) in [5, 5.41) is 16.7. The number of carbonyl (C=O) groups is 2. The number of pyridine rings is 1. The molecule has 2 aliphatic heterocycles. The van der Waals surface area contributed by atoms with Crippen LogP contribution in [-0.2, 0) is 22.7 Å². The van der Waals surface area contributed by atoms with E-state index in [1.165, 1.54) is 12.3 Å². The summed E-state index contributed by atoms with van der Waals surface area (Å²) in [6, 6.07) is 1.02. The number of piperazine rings is 1. The van der Waals surface area contributed by atoms with Gasteiger partial charge in [0.05, 0.1) is 23.1 Å². The standard InChI is InChI=1S/C29H38FN7O6/c1-19-17-42-28-25-21(14-23(30)26(28)35-12-10-34(2)11-13-35)27(39)22(16-37(19)25)29(40)43-18-20-15-36(33-31-20)9-7-5-3-4-6-8-24(38)32-41/h14-16,19,41H,3-13,17-18H2,1-2H3,(H,32,38)/t19-/m0/s1. The highest BCUT2D eigenvalue weighted by molar-refractivity contribution is 5.98. The Morgan fingerprint density at radius 1 is 1.14 bits per heavy atom. The highest BCUT2D eigenvalue weighted by atomic mass is 19.1. The van der Waals surface area contributed by atoms with Gasteiger partial charge >= 0.3 is 5.97 Å². The van der Waals surface area contributed by atoms with Crippen LogP contribution in [0.15, 0.2) is 23.3 Å². The molecule has 43 heavy (non-hydrogen) atoms. The number of rotatable bonds is 12. The Bertz CT molecular complexity index is 1530. The molecule has 0 spiro atoms. The second kappa shape index (κ2) is 13.5. The molecule has 13 nitrogen and oxygen atoms in total. The molecular formula is C29H38FN7O6. The SMILES string of the molecule is C[C@H]1COc2c(N3CCN(C)CC3)c(F)cc3c(=O)c(C(=O)OCc4cn(CCCCCCCC(=O)NO)nn4)cn1c23. The number of nitrogens with one attached hydrogen (secondary N) is 1. The average Bonchev–Trinajstić information content (AvgIpc) is 3.46. The lowest BCUT2D eigenvalue weighted by molar-refractivity contribution is -0.129. The number of halogens is 1. The summed E-state index contributed by atoms with van der Waals surface area (Å²) in [5.41, 5.74) is 2.11. The van der Waals surface area contributed by atoms with Crippen LogP contribution in [0, 0.1) is 5.82 Å². The van der Waals surface area contributed by atoms with E-state index in [1.54, 1.807) is 16.4 Å². The number of hydroxylamine groups is 1. The number of unbranched alkanes of at least 4 members (excludes halogenated alkanes) is 4. The topological polar surface area (TPSA) is 144 Å². The molecule has 3 aromatic rings. The van der Waals surface area contributed by atoms with Gasteiger partial charge in [0.1, 0.15) is 30.2 Å². The van der Waals surface area contributed by atoms with Crippen LogP contribution in [0.1, 0.15) is 67.5 Å². The minimum Gasteiger partial charge on any atom is -0.487 e. The lowest BCUT2D eigenvalue weighted by Crippen LogP contribution is -2.45. The monoisotopic (exact) mass is 599 g/mol. The van der Waals surface area contributed by atoms with Crippen molar-refractivity contribution in [3.63, 3.8) is 0 Å². The first kappa shape index (κ1) is 30.4. The van der Waals surface area contributed by atoms with Gasteiger partial charge in [0.2, 0.25) is 11.3 Å². The zero-order valence-electron chi connectivity index (χ0n) is 24.6. The molecule has 0 unspecified atom stereocenters. The Morgan fingerprint density at radius 3 is 2.65 bits per heavy atom. The molecule has 0 radical (unpaired) electrons. The Kier molecular flexibility index (Phi) is 9.56. The van der Waals surface area contributed by atoms with Crippen LogP contribution < -0.4 is 20.5 Å². The molecule has 1 atom stereocenters. The lowest BCUT2D eigenvalue weighted by atomic mass is 10.1. The van der Waals surface area contributed by atoms with E-state index in [-0.39, 0.29) is 36.1 Å². The van der Waals surface area contributed by atoms with Crippen LogP contribution in [0.3, 0.4) is 0 Å². The third-order valence-electron chi connectivity index (χ3n) is 8.03. The zero-order valence-corrected chi connectivity index (χ0v) is 24.6. The van der Waals surface area contributed by atoms with Gasteiger partial charge in [0.15, 0.2) is 11.6 Å². The van der Waals surface area contributed by atoms with E-state index < -0.39 is 17.2 Å². The molecule has 1 saturated heterocycles. The number of likely N-dealkylation sites (N-methyl/N-ethyl adjacent to an activating group) is 1. The van der Waals surface area contributed by atoms with Crippen molar-refractivity contribution in [2.45, 2.75) is 64.6 Å². The number of hydrogen-bond acceptors (Lipinski definition) is 10. The normalized spacial score (nSPS) is 16.7. The number of nitrogens with zero attached hydrogens (tertiary/aromatic N) is 6. The van der Waals surface area contributed by atoms with Crippen LogP contribution in [-0.4, -0.2) is 81.4 Å². The number of aromatic nitrogens is 4. The Hall–Kier alpha value is -4.04. The van der Waals surface area contributed by atoms with Crippen molar-refractivity contribution >= 4 is 28.5 Å². The smallest absolute Gasteiger partial charge is 0.344 e. The van der Waals surface area contributed by atoms with Gasteiger partial charge in [-0.25, -0.2) is 14.7 Å². The van der Waals surface area contributed by atoms with E-state index >= 15 is 4.39 Å². The summed E-state index contributed by atoms with van der Waals surface area (Å²) in [5.74, 6) is -1.41. The molecule has 0 saturated carbocycles. The van der Waals surface area contributed by atoms with Crippen molar-refractivity contribution < 1.29 is 28.7 Å². The molecule has 4 heterocycles. The molecule has 5 rings (SSSR count). The second-order valence-corrected chi connectivity index (χ2v) is 11.3. The van der Waals surface area contributed by atoms with Gasteiger partial charge in [0, 0.05) is 45.3 Å². The van der Waals surface area contributed by atoms with E-state index in [0.29, 0.717) is 55.1 Å². The van der Waals surface area contributed by atoms with E-state index in [2.05, 4.69) is 15.2 Å². The Balaban J connectivity index is 1.24. The number of hydrogen-bond donors (Lipinski definition) is 2. The van der Waals surface area contributed by atoms with Gasteiger partial charge in [-0.2, -0.15) is 0 Å². The molecule has 1 fully saturated rings. The van der Waals surface area contributed by atoms with Crippen molar-refractivity contribution in [3.8, 4) is 5.75 Å². The fourth-order valence-electron chi connectivity index (χ4n) is 5.56. The number of carbonyl (C=O) groups excluding carboxylic acids is 2. The Morgan fingerprint density at radius 2 is 1.88 bits per heavy atom. The van der Waals surface area contributed by atoms with Crippen LogP contribution in [0.25, 0.3) is 10.9 Å². The van der Waals surface area contributed by atoms with Gasteiger partial charge in [-0.05, 0) is 32.9 Å².